The molecule has 0 atom stereocenters. The third-order valence-corrected chi connectivity index (χ3v) is 6.84. The Labute approximate surface area is 198 Å². The molecule has 2 N–H and O–H groups in total. The lowest BCUT2D eigenvalue weighted by molar-refractivity contribution is 0.0465. The molecule has 3 rings (SSSR count). The second kappa shape index (κ2) is 10.5. The summed E-state index contributed by atoms with van der Waals surface area (Å²) in [7, 11) is -1.01. The third-order valence-electron chi connectivity index (χ3n) is 5.03. The van der Waals surface area contributed by atoms with Crippen LogP contribution in [0.4, 0.5) is 5.69 Å². The van der Waals surface area contributed by atoms with Gasteiger partial charge in [0.2, 0.25) is 10.0 Å². The van der Waals surface area contributed by atoms with Crippen LogP contribution in [0, 0.1) is 18.3 Å². The Morgan fingerprint density at radius 1 is 1.24 bits per heavy atom. The van der Waals surface area contributed by atoms with E-state index in [1.807, 2.05) is 30.3 Å². The summed E-state index contributed by atoms with van der Waals surface area (Å²) in [6.07, 6.45) is 0. The first-order valence-electron chi connectivity index (χ1n) is 10.3. The number of hydrogen-bond acceptors (Lipinski definition) is 8. The molecule has 0 unspecified atom stereocenters. The summed E-state index contributed by atoms with van der Waals surface area (Å²) < 4.78 is 33.2. The number of ether oxygens (including phenoxy) is 1. The van der Waals surface area contributed by atoms with Gasteiger partial charge in [0.15, 0.2) is 0 Å². The van der Waals surface area contributed by atoms with Gasteiger partial charge < -0.3 is 15.2 Å². The number of aliphatic hydroxyl groups is 1. The fraction of sp³-hybridized carbons (Fsp3) is 0.261. The van der Waals surface area contributed by atoms with E-state index in [0.29, 0.717) is 28.3 Å². The number of benzene rings is 2. The van der Waals surface area contributed by atoms with Gasteiger partial charge in [-0.05, 0) is 37.3 Å². The lowest BCUT2D eigenvalue weighted by Crippen LogP contribution is -2.23. The number of nitrogens with zero attached hydrogens (tertiary/aromatic N) is 4. The molecule has 2 aromatic carbocycles. The van der Waals surface area contributed by atoms with Gasteiger partial charge in [0.1, 0.15) is 18.2 Å². The molecule has 0 saturated heterocycles. The molecule has 0 spiro atoms. The summed E-state index contributed by atoms with van der Waals surface area (Å²) in [5.41, 5.74) is 2.16. The van der Waals surface area contributed by atoms with Gasteiger partial charge in [-0.3, -0.25) is 0 Å². The van der Waals surface area contributed by atoms with Crippen LogP contribution in [0.3, 0.4) is 0 Å². The molecule has 0 bridgehead atoms. The number of carbonyl (C=O) groups is 1. The normalized spacial score (nSPS) is 11.3. The minimum absolute atomic E-state index is 0.0163. The topological polar surface area (TPSA) is 138 Å². The number of nitrogens with one attached hydrogen (secondary N) is 1. The van der Waals surface area contributed by atoms with Crippen LogP contribution in [-0.4, -0.2) is 60.8 Å². The van der Waals surface area contributed by atoms with E-state index < -0.39 is 16.0 Å². The molecular formula is C23H25N5O5S. The van der Waals surface area contributed by atoms with Crippen molar-refractivity contribution in [1.82, 2.24) is 14.1 Å². The fourth-order valence-corrected chi connectivity index (χ4v) is 4.18. The lowest BCUT2D eigenvalue weighted by atomic mass is 10.1. The van der Waals surface area contributed by atoms with E-state index in [0.717, 1.165) is 4.31 Å². The Kier molecular flexibility index (Phi) is 7.68. The number of anilines is 1. The van der Waals surface area contributed by atoms with Crippen molar-refractivity contribution in [2.75, 3.05) is 32.6 Å². The number of sulfonamides is 1. The molecule has 0 amide bonds. The smallest absolute Gasteiger partial charge is 0.340 e. The molecule has 0 radical (unpaired) electrons. The van der Waals surface area contributed by atoms with Crippen molar-refractivity contribution in [2.24, 2.45) is 0 Å². The molecular weight excluding hydrogens is 458 g/mol. The summed E-state index contributed by atoms with van der Waals surface area (Å²) in [4.78, 5) is 13.0. The summed E-state index contributed by atoms with van der Waals surface area (Å²) in [5, 5.41) is 26.0. The van der Waals surface area contributed by atoms with E-state index in [-0.39, 0.29) is 30.2 Å². The molecule has 0 aliphatic heterocycles. The maximum absolute atomic E-state index is 13.1. The number of para-hydroxylation sites is 1. The van der Waals surface area contributed by atoms with Gasteiger partial charge in [-0.15, -0.1) is 0 Å². The van der Waals surface area contributed by atoms with Crippen LogP contribution in [0.25, 0.3) is 5.69 Å². The molecule has 10 nitrogen and oxygen atoms in total. The fourth-order valence-electron chi connectivity index (χ4n) is 3.26. The van der Waals surface area contributed by atoms with Crippen molar-refractivity contribution in [2.45, 2.75) is 18.4 Å². The van der Waals surface area contributed by atoms with Gasteiger partial charge in [-0.25, -0.2) is 22.2 Å². The van der Waals surface area contributed by atoms with Gasteiger partial charge in [0.05, 0.1) is 34.1 Å². The average Bonchev–Trinajstić information content (AvgIpc) is 3.16. The zero-order chi connectivity index (χ0) is 24.9. The Balaban J connectivity index is 1.97. The highest BCUT2D eigenvalue weighted by Crippen LogP contribution is 2.25. The van der Waals surface area contributed by atoms with Gasteiger partial charge >= 0.3 is 5.97 Å². The number of rotatable bonds is 9. The monoisotopic (exact) mass is 483 g/mol. The molecule has 34 heavy (non-hydrogen) atoms. The van der Waals surface area contributed by atoms with Crippen LogP contribution in [0.5, 0.6) is 0 Å². The standard InChI is InChI=1S/C23H25N5O5S/c1-16-20(14-24)22(28(26-16)17-7-5-4-6-8-17)15-33-23(30)19-13-18(34(31,32)27(2)3)9-10-21(19)25-11-12-29/h4-10,13,25,29H,11-12,15H2,1-3H3. The summed E-state index contributed by atoms with van der Waals surface area (Å²) in [6.45, 7) is 1.39. The van der Waals surface area contributed by atoms with E-state index in [1.165, 1.54) is 32.3 Å². The number of aliphatic hydroxyl groups excluding tert-OH is 1. The SMILES string of the molecule is Cc1nn(-c2ccccc2)c(COC(=O)c2cc(S(=O)(=O)N(C)C)ccc2NCCO)c1C#N. The van der Waals surface area contributed by atoms with Crippen molar-refractivity contribution in [1.29, 1.82) is 5.26 Å². The number of hydrogen-bond donors (Lipinski definition) is 2. The number of carbonyl (C=O) groups excluding carboxylic acids is 1. The number of aryl methyl sites for hydroxylation is 1. The molecule has 1 aromatic heterocycles. The summed E-state index contributed by atoms with van der Waals surface area (Å²) >= 11 is 0. The summed E-state index contributed by atoms with van der Waals surface area (Å²) in [5.74, 6) is -0.793. The van der Waals surface area contributed by atoms with E-state index >= 15 is 0 Å². The Morgan fingerprint density at radius 2 is 1.94 bits per heavy atom. The molecule has 0 aliphatic rings. The number of nitriles is 1. The zero-order valence-corrected chi connectivity index (χ0v) is 19.8. The highest BCUT2D eigenvalue weighted by molar-refractivity contribution is 7.89. The second-order valence-corrected chi connectivity index (χ2v) is 9.64. The van der Waals surface area contributed by atoms with Crippen molar-refractivity contribution < 1.29 is 23.1 Å². The van der Waals surface area contributed by atoms with Gasteiger partial charge in [-0.2, -0.15) is 10.4 Å². The lowest BCUT2D eigenvalue weighted by Gasteiger charge is -2.16. The van der Waals surface area contributed by atoms with Gasteiger partial charge in [0, 0.05) is 26.3 Å². The Morgan fingerprint density at radius 3 is 2.56 bits per heavy atom. The highest BCUT2D eigenvalue weighted by atomic mass is 32.2. The third kappa shape index (κ3) is 5.09. The first-order chi connectivity index (χ1) is 16.2. The first kappa shape index (κ1) is 24.9. The number of esters is 1. The highest BCUT2D eigenvalue weighted by Gasteiger charge is 2.23. The Hall–Kier alpha value is -3.72. The first-order valence-corrected chi connectivity index (χ1v) is 11.8. The van der Waals surface area contributed by atoms with E-state index in [1.54, 1.807) is 11.6 Å². The van der Waals surface area contributed by atoms with Gasteiger partial charge in [-0.1, -0.05) is 18.2 Å². The van der Waals surface area contributed by atoms with E-state index in [2.05, 4.69) is 16.5 Å². The quantitative estimate of drug-likeness (QED) is 0.441. The minimum Gasteiger partial charge on any atom is -0.455 e. The van der Waals surface area contributed by atoms with Crippen LogP contribution in [0.15, 0.2) is 53.4 Å². The molecule has 178 valence electrons. The molecule has 3 aromatic rings. The van der Waals surface area contributed by atoms with E-state index in [9.17, 15) is 18.5 Å². The van der Waals surface area contributed by atoms with Crippen molar-refractivity contribution in [3.63, 3.8) is 0 Å². The van der Waals surface area contributed by atoms with Crippen molar-refractivity contribution in [3.8, 4) is 11.8 Å². The molecule has 0 aliphatic carbocycles. The molecule has 0 fully saturated rings. The van der Waals surface area contributed by atoms with Crippen molar-refractivity contribution >= 4 is 21.7 Å². The predicted molar refractivity (Wildman–Crippen MR) is 125 cm³/mol. The zero-order valence-electron chi connectivity index (χ0n) is 19.0. The molecule has 0 saturated carbocycles. The van der Waals surface area contributed by atoms with Crippen LogP contribution < -0.4 is 5.32 Å². The average molecular weight is 484 g/mol. The molecule has 1 heterocycles. The van der Waals surface area contributed by atoms with Crippen LogP contribution in [-0.2, 0) is 21.4 Å². The Bertz CT molecular complexity index is 1330. The van der Waals surface area contributed by atoms with Crippen molar-refractivity contribution in [3.05, 3.63) is 71.0 Å². The maximum Gasteiger partial charge on any atom is 0.340 e. The van der Waals surface area contributed by atoms with Crippen LogP contribution >= 0.6 is 0 Å². The maximum atomic E-state index is 13.1. The van der Waals surface area contributed by atoms with E-state index in [4.69, 9.17) is 9.84 Å². The second-order valence-electron chi connectivity index (χ2n) is 7.49. The largest absolute Gasteiger partial charge is 0.455 e. The molecule has 11 heteroatoms. The van der Waals surface area contributed by atoms with Crippen LogP contribution in [0.2, 0.25) is 0 Å². The predicted octanol–water partition coefficient (Wildman–Crippen LogP) is 2.06. The van der Waals surface area contributed by atoms with Gasteiger partial charge in [0.25, 0.3) is 0 Å². The summed E-state index contributed by atoms with van der Waals surface area (Å²) in [6, 6.07) is 15.3. The van der Waals surface area contributed by atoms with Crippen LogP contribution in [0.1, 0.15) is 27.3 Å². The number of aromatic nitrogens is 2. The minimum atomic E-state index is -3.80.